The molecule has 2 heterocycles. The predicted molar refractivity (Wildman–Crippen MR) is 164 cm³/mol. The minimum Gasteiger partial charge on any atom is -0.493 e. The van der Waals surface area contributed by atoms with Crippen LogP contribution in [-0.4, -0.2) is 34.1 Å². The number of carbonyl (C=O) groups excluding carboxylic acids is 1. The summed E-state index contributed by atoms with van der Waals surface area (Å²) in [6, 6.07) is 15.8. The third-order valence-electron chi connectivity index (χ3n) is 6.96. The van der Waals surface area contributed by atoms with Gasteiger partial charge in [-0.2, -0.15) is 0 Å². The molecule has 14 heteroatoms. The van der Waals surface area contributed by atoms with E-state index in [1.165, 1.54) is 42.0 Å². The van der Waals surface area contributed by atoms with Crippen molar-refractivity contribution in [1.29, 1.82) is 0 Å². The minimum atomic E-state index is -1.02. The summed E-state index contributed by atoms with van der Waals surface area (Å²) in [6.45, 7) is 3.43. The van der Waals surface area contributed by atoms with Gasteiger partial charge in [0.05, 0.1) is 45.4 Å². The van der Waals surface area contributed by atoms with Crippen molar-refractivity contribution in [1.82, 2.24) is 4.57 Å². The van der Waals surface area contributed by atoms with Crippen LogP contribution in [0.5, 0.6) is 11.5 Å². The lowest BCUT2D eigenvalue weighted by Crippen LogP contribution is -2.40. The van der Waals surface area contributed by atoms with E-state index in [0.29, 0.717) is 38.7 Å². The molecule has 13 nitrogen and oxygen atoms in total. The second-order valence-corrected chi connectivity index (χ2v) is 10.8. The van der Waals surface area contributed by atoms with Gasteiger partial charge in [-0.15, -0.1) is 0 Å². The quantitative estimate of drug-likeness (QED) is 0.142. The van der Waals surface area contributed by atoms with Crippen molar-refractivity contribution in [3.05, 3.63) is 135 Å². The van der Waals surface area contributed by atoms with Crippen molar-refractivity contribution in [2.24, 2.45) is 4.99 Å². The molecule has 0 spiro atoms. The molecule has 1 aliphatic rings. The van der Waals surface area contributed by atoms with Crippen LogP contribution in [0.4, 0.5) is 11.4 Å². The third-order valence-corrected chi connectivity index (χ3v) is 7.94. The van der Waals surface area contributed by atoms with E-state index >= 15 is 0 Å². The molecular weight excluding hydrogens is 604 g/mol. The fourth-order valence-corrected chi connectivity index (χ4v) is 5.93. The number of ether oxygens (including phenoxy) is 3. The van der Waals surface area contributed by atoms with Crippen molar-refractivity contribution < 1.29 is 28.9 Å². The monoisotopic (exact) mass is 630 g/mol. The van der Waals surface area contributed by atoms with Crippen LogP contribution in [0, 0.1) is 20.2 Å². The number of nitro groups is 2. The Balaban J connectivity index is 1.62. The van der Waals surface area contributed by atoms with Gasteiger partial charge in [0.15, 0.2) is 16.3 Å². The number of nitrogens with zero attached hydrogens (tertiary/aromatic N) is 4. The predicted octanol–water partition coefficient (Wildman–Crippen LogP) is 4.20. The summed E-state index contributed by atoms with van der Waals surface area (Å²) in [7, 11) is 1.48. The molecule has 4 aromatic rings. The van der Waals surface area contributed by atoms with Crippen molar-refractivity contribution >= 4 is 34.8 Å². The Kier molecular flexibility index (Phi) is 8.86. The summed E-state index contributed by atoms with van der Waals surface area (Å²) in [4.78, 5) is 53.5. The van der Waals surface area contributed by atoms with Gasteiger partial charge in [0.1, 0.15) is 6.61 Å². The molecule has 230 valence electrons. The molecule has 0 fully saturated rings. The van der Waals surface area contributed by atoms with Crippen LogP contribution in [0.25, 0.3) is 6.08 Å². The molecule has 3 aromatic carbocycles. The SMILES string of the molecule is CCOC(=O)C1=C(C)N=c2s/c(=C/c3cccc(OC)c3OCc3ccc([N+](=O)[O-])cc3)c(=O)n2[C@H]1c1cccc([N+](=O)[O-])c1. The second kappa shape index (κ2) is 12.9. The zero-order chi connectivity index (χ0) is 32.2. The van der Waals surface area contributed by atoms with Gasteiger partial charge in [-0.25, -0.2) is 9.79 Å². The Bertz CT molecular complexity index is 2030. The number of rotatable bonds is 10. The van der Waals surface area contributed by atoms with E-state index in [1.54, 1.807) is 56.3 Å². The summed E-state index contributed by atoms with van der Waals surface area (Å²) in [5, 5.41) is 22.6. The first-order valence-corrected chi connectivity index (χ1v) is 14.4. The summed E-state index contributed by atoms with van der Waals surface area (Å²) >= 11 is 1.09. The Hall–Kier alpha value is -5.63. The maximum absolute atomic E-state index is 14.0. The average Bonchev–Trinajstić information content (AvgIpc) is 3.33. The highest BCUT2D eigenvalue weighted by Gasteiger charge is 2.34. The van der Waals surface area contributed by atoms with Crippen LogP contribution >= 0.6 is 11.3 Å². The van der Waals surface area contributed by atoms with E-state index in [4.69, 9.17) is 14.2 Å². The molecule has 45 heavy (non-hydrogen) atoms. The molecule has 0 N–H and O–H groups in total. The van der Waals surface area contributed by atoms with Gasteiger partial charge >= 0.3 is 5.97 Å². The van der Waals surface area contributed by atoms with Crippen LogP contribution < -0.4 is 24.4 Å². The Morgan fingerprint density at radius 3 is 2.42 bits per heavy atom. The summed E-state index contributed by atoms with van der Waals surface area (Å²) < 4.78 is 18.5. The first-order valence-electron chi connectivity index (χ1n) is 13.6. The number of allylic oxidation sites excluding steroid dienone is 1. The number of benzene rings is 3. The van der Waals surface area contributed by atoms with Crippen molar-refractivity contribution in [2.75, 3.05) is 13.7 Å². The maximum atomic E-state index is 14.0. The topological polar surface area (TPSA) is 165 Å². The summed E-state index contributed by atoms with van der Waals surface area (Å²) in [6.07, 6.45) is 1.62. The summed E-state index contributed by atoms with van der Waals surface area (Å²) in [5.74, 6) is 0.0513. The highest BCUT2D eigenvalue weighted by atomic mass is 32.1. The second-order valence-electron chi connectivity index (χ2n) is 9.75. The van der Waals surface area contributed by atoms with Crippen LogP contribution in [0.1, 0.15) is 36.6 Å². The van der Waals surface area contributed by atoms with Crippen LogP contribution in [0.2, 0.25) is 0 Å². The van der Waals surface area contributed by atoms with E-state index in [9.17, 15) is 29.8 Å². The van der Waals surface area contributed by atoms with Gasteiger partial charge in [-0.1, -0.05) is 35.6 Å². The number of thiazole rings is 1. The average molecular weight is 631 g/mol. The Morgan fingerprint density at radius 2 is 1.76 bits per heavy atom. The Morgan fingerprint density at radius 1 is 1.04 bits per heavy atom. The van der Waals surface area contributed by atoms with Gasteiger partial charge < -0.3 is 14.2 Å². The smallest absolute Gasteiger partial charge is 0.338 e. The molecule has 5 rings (SSSR count). The molecule has 1 aromatic heterocycles. The zero-order valence-electron chi connectivity index (χ0n) is 24.3. The third kappa shape index (κ3) is 6.21. The molecule has 0 radical (unpaired) electrons. The van der Waals surface area contributed by atoms with E-state index < -0.39 is 27.4 Å². The largest absolute Gasteiger partial charge is 0.493 e. The first-order chi connectivity index (χ1) is 21.6. The molecule has 0 unspecified atom stereocenters. The van der Waals surface area contributed by atoms with Crippen LogP contribution in [-0.2, 0) is 16.1 Å². The fourth-order valence-electron chi connectivity index (χ4n) is 4.89. The van der Waals surface area contributed by atoms with Crippen molar-refractivity contribution in [3.63, 3.8) is 0 Å². The molecule has 0 bridgehead atoms. The Labute approximate surface area is 259 Å². The highest BCUT2D eigenvalue weighted by molar-refractivity contribution is 7.07. The number of carbonyl (C=O) groups is 1. The standard InChI is InChI=1S/C31H26N4O9S/c1-4-43-30(37)26-18(2)32-31-33(27(26)20-7-5-9-23(15-20)35(40)41)29(36)25(45-31)16-21-8-6-10-24(42-3)28(21)44-17-19-11-13-22(14-12-19)34(38)39/h5-16,27H,4,17H2,1-3H3/b25-16+/t27-/m0/s1. The van der Waals surface area contributed by atoms with E-state index in [2.05, 4.69) is 4.99 Å². The lowest BCUT2D eigenvalue weighted by molar-refractivity contribution is -0.385. The number of nitro benzene ring substituents is 2. The molecule has 1 aliphatic heterocycles. The highest BCUT2D eigenvalue weighted by Crippen LogP contribution is 2.34. The number of methoxy groups -OCH3 is 1. The zero-order valence-corrected chi connectivity index (χ0v) is 25.1. The number of fused-ring (bicyclic) bond motifs is 1. The van der Waals surface area contributed by atoms with Crippen molar-refractivity contribution in [3.8, 4) is 11.5 Å². The molecule has 1 atom stereocenters. The van der Waals surface area contributed by atoms with Crippen LogP contribution in [0.15, 0.2) is 87.8 Å². The van der Waals surface area contributed by atoms with Crippen LogP contribution in [0.3, 0.4) is 0 Å². The molecule has 0 amide bonds. The minimum absolute atomic E-state index is 0.0446. The lowest BCUT2D eigenvalue weighted by Gasteiger charge is -2.24. The van der Waals surface area contributed by atoms with E-state index in [1.807, 2.05) is 0 Å². The number of para-hydroxylation sites is 1. The normalized spacial score (nSPS) is 14.4. The number of esters is 1. The number of non-ortho nitro benzene ring substituents is 2. The summed E-state index contributed by atoms with van der Waals surface area (Å²) in [5.41, 5.74) is 1.24. The molecular formula is C31H26N4O9S. The van der Waals surface area contributed by atoms with Gasteiger partial charge in [-0.3, -0.25) is 29.6 Å². The van der Waals surface area contributed by atoms with Gasteiger partial charge in [0, 0.05) is 29.8 Å². The number of aromatic nitrogens is 1. The van der Waals surface area contributed by atoms with Gasteiger partial charge in [0.25, 0.3) is 16.9 Å². The molecule has 0 saturated carbocycles. The lowest BCUT2D eigenvalue weighted by atomic mass is 9.95. The molecule has 0 aliphatic carbocycles. The van der Waals surface area contributed by atoms with Crippen molar-refractivity contribution in [2.45, 2.75) is 26.5 Å². The number of hydrogen-bond donors (Lipinski definition) is 0. The molecule has 0 saturated heterocycles. The van der Waals surface area contributed by atoms with E-state index in [0.717, 1.165) is 11.3 Å². The van der Waals surface area contributed by atoms with Gasteiger partial charge in [-0.05, 0) is 49.2 Å². The van der Waals surface area contributed by atoms with Gasteiger partial charge in [0.2, 0.25) is 0 Å². The van der Waals surface area contributed by atoms with E-state index in [-0.39, 0.29) is 34.7 Å². The maximum Gasteiger partial charge on any atom is 0.338 e. The number of hydrogen-bond acceptors (Lipinski definition) is 11. The fraction of sp³-hybridized carbons (Fsp3) is 0.194. The first kappa shape index (κ1) is 30.8.